The van der Waals surface area contributed by atoms with Crippen LogP contribution in [0.3, 0.4) is 0 Å². The van der Waals surface area contributed by atoms with Gasteiger partial charge < -0.3 is 5.11 Å². The average molecular weight is 637 g/mol. The van der Waals surface area contributed by atoms with Gasteiger partial charge in [-0.2, -0.15) is 0 Å². The Morgan fingerprint density at radius 3 is 1.82 bits per heavy atom. The maximum Gasteiger partial charge on any atom is 0.303 e. The normalized spacial score (nSPS) is 8.41. The summed E-state index contributed by atoms with van der Waals surface area (Å²) in [4.78, 5) is 10.5. The van der Waals surface area contributed by atoms with Crippen LogP contribution >= 0.6 is 105 Å². The van der Waals surface area contributed by atoms with Crippen molar-refractivity contribution < 1.29 is 9.90 Å². The Balaban J connectivity index is -0.000000653. The maximum atomic E-state index is 10.5. The van der Waals surface area contributed by atoms with Crippen LogP contribution in [-0.2, 0) is 11.2 Å². The molecular weight excluding hydrogens is 627 g/mol. The van der Waals surface area contributed by atoms with E-state index in [4.69, 9.17) is 5.11 Å². The van der Waals surface area contributed by atoms with Crippen LogP contribution in [-0.4, -0.2) is 11.1 Å². The molecule has 0 spiro atoms. The Morgan fingerprint density at radius 2 is 1.47 bits per heavy atom. The molecular formula is C9H10Cl3I3O2. The third-order valence-corrected chi connectivity index (χ3v) is 4.24. The van der Waals surface area contributed by atoms with E-state index >= 15 is 0 Å². The molecule has 0 radical (unpaired) electrons. The van der Waals surface area contributed by atoms with Crippen molar-refractivity contribution in [3.05, 3.63) is 28.4 Å². The second kappa shape index (κ2) is 11.6. The number of hydrogen-bond donors (Lipinski definition) is 1. The highest BCUT2D eigenvalue weighted by Crippen LogP contribution is 2.23. The van der Waals surface area contributed by atoms with Crippen molar-refractivity contribution in [1.29, 1.82) is 0 Å². The third-order valence-electron chi connectivity index (χ3n) is 1.69. The minimum Gasteiger partial charge on any atom is -0.481 e. The minimum absolute atomic E-state index is 0. The smallest absolute Gasteiger partial charge is 0.303 e. The third kappa shape index (κ3) is 8.51. The number of carboxylic acids is 1. The fourth-order valence-corrected chi connectivity index (χ4v) is 5.16. The molecule has 0 aromatic heterocycles. The van der Waals surface area contributed by atoms with E-state index < -0.39 is 5.97 Å². The molecule has 2 nitrogen and oxygen atoms in total. The van der Waals surface area contributed by atoms with Crippen LogP contribution in [0, 0.1) is 10.7 Å². The second-order valence-corrected chi connectivity index (χ2v) is 6.31. The molecule has 0 atom stereocenters. The molecule has 100 valence electrons. The number of aliphatic carboxylic acids is 1. The molecule has 0 bridgehead atoms. The maximum absolute atomic E-state index is 10.5. The molecule has 0 aliphatic carbocycles. The lowest BCUT2D eigenvalue weighted by Gasteiger charge is -2.06. The van der Waals surface area contributed by atoms with Crippen LogP contribution in [0.2, 0.25) is 0 Å². The van der Waals surface area contributed by atoms with E-state index in [0.717, 1.165) is 12.7 Å². The summed E-state index contributed by atoms with van der Waals surface area (Å²) in [6.45, 7) is 0. The number of benzene rings is 1. The minimum atomic E-state index is -0.741. The lowest BCUT2D eigenvalue weighted by molar-refractivity contribution is -0.136. The van der Waals surface area contributed by atoms with E-state index in [0.29, 0.717) is 6.42 Å². The summed E-state index contributed by atoms with van der Waals surface area (Å²) in [7, 11) is 0. The van der Waals surface area contributed by atoms with Crippen LogP contribution < -0.4 is 0 Å². The summed E-state index contributed by atoms with van der Waals surface area (Å²) in [6, 6.07) is 4.14. The van der Waals surface area contributed by atoms with Crippen LogP contribution in [0.25, 0.3) is 0 Å². The van der Waals surface area contributed by atoms with Gasteiger partial charge in [0.05, 0.1) is 0 Å². The highest BCUT2D eigenvalue weighted by molar-refractivity contribution is 14.1. The lowest BCUT2D eigenvalue weighted by Crippen LogP contribution is -2.01. The van der Waals surface area contributed by atoms with Gasteiger partial charge in [0.15, 0.2) is 0 Å². The highest BCUT2D eigenvalue weighted by atomic mass is 127. The number of carbonyl (C=O) groups is 1. The molecule has 1 rings (SSSR count). The van der Waals surface area contributed by atoms with Gasteiger partial charge in [-0.1, -0.05) is 0 Å². The summed E-state index contributed by atoms with van der Waals surface area (Å²) in [5.74, 6) is -0.741. The number of carboxylic acid groups (broad SMARTS) is 1. The van der Waals surface area contributed by atoms with E-state index in [1.165, 1.54) is 3.57 Å². The van der Waals surface area contributed by atoms with Crippen molar-refractivity contribution in [2.75, 3.05) is 0 Å². The number of halogens is 6. The summed E-state index contributed by atoms with van der Waals surface area (Å²) in [6.07, 6.45) is 0.815. The summed E-state index contributed by atoms with van der Waals surface area (Å²) < 4.78 is 3.50. The van der Waals surface area contributed by atoms with Gasteiger partial charge in [0.2, 0.25) is 0 Å². The fraction of sp³-hybridized carbons (Fsp3) is 0.222. The molecule has 1 N–H and O–H groups in total. The summed E-state index contributed by atoms with van der Waals surface area (Å²) in [5.41, 5.74) is 1.15. The van der Waals surface area contributed by atoms with Gasteiger partial charge in [-0.05, 0) is 91.9 Å². The van der Waals surface area contributed by atoms with Crippen molar-refractivity contribution >= 4 is 111 Å². The van der Waals surface area contributed by atoms with Crippen molar-refractivity contribution in [2.24, 2.45) is 0 Å². The molecule has 1 aromatic rings. The molecule has 0 aliphatic rings. The number of rotatable bonds is 3. The molecule has 8 heteroatoms. The zero-order valence-corrected chi connectivity index (χ0v) is 17.2. The van der Waals surface area contributed by atoms with Gasteiger partial charge in [-0.25, -0.2) is 0 Å². The molecule has 1 aromatic carbocycles. The molecule has 0 fully saturated rings. The fourth-order valence-electron chi connectivity index (χ4n) is 1.04. The Bertz CT molecular complexity index is 351. The van der Waals surface area contributed by atoms with Crippen LogP contribution in [0.1, 0.15) is 12.0 Å². The summed E-state index contributed by atoms with van der Waals surface area (Å²) in [5, 5.41) is 8.60. The van der Waals surface area contributed by atoms with Crippen molar-refractivity contribution in [2.45, 2.75) is 12.8 Å². The standard InChI is InChI=1S/C9H7I3O2.3ClH/c10-5-3-7(11)6(8(12)4-5)1-2-9(13)14;;;/h3-4H,1-2H2,(H,13,14);3*1H. The van der Waals surface area contributed by atoms with Crippen LogP contribution in [0.4, 0.5) is 0 Å². The van der Waals surface area contributed by atoms with E-state index in [2.05, 4.69) is 79.9 Å². The van der Waals surface area contributed by atoms with E-state index in [9.17, 15) is 4.79 Å². The first-order valence-electron chi connectivity index (χ1n) is 3.86. The van der Waals surface area contributed by atoms with E-state index in [1.807, 2.05) is 0 Å². The predicted octanol–water partition coefficient (Wildman–Crippen LogP) is 4.78. The topological polar surface area (TPSA) is 37.3 Å². The molecule has 17 heavy (non-hydrogen) atoms. The van der Waals surface area contributed by atoms with Gasteiger partial charge in [0, 0.05) is 17.1 Å². The first-order chi connectivity index (χ1) is 6.50. The Hall–Kier alpha value is 1.75. The van der Waals surface area contributed by atoms with Crippen LogP contribution in [0.5, 0.6) is 0 Å². The molecule has 0 aliphatic heterocycles. The van der Waals surface area contributed by atoms with Gasteiger partial charge in [0.1, 0.15) is 0 Å². The second-order valence-electron chi connectivity index (χ2n) is 2.74. The van der Waals surface area contributed by atoms with Crippen molar-refractivity contribution in [1.82, 2.24) is 0 Å². The molecule has 0 amide bonds. The van der Waals surface area contributed by atoms with Gasteiger partial charge in [0.25, 0.3) is 0 Å². The zero-order valence-electron chi connectivity index (χ0n) is 8.28. The summed E-state index contributed by atoms with van der Waals surface area (Å²) >= 11 is 6.78. The Kier molecular flexibility index (Phi) is 16.2. The van der Waals surface area contributed by atoms with Crippen molar-refractivity contribution in [3.63, 3.8) is 0 Å². The van der Waals surface area contributed by atoms with E-state index in [1.54, 1.807) is 0 Å². The monoisotopic (exact) mass is 636 g/mol. The zero-order chi connectivity index (χ0) is 10.7. The van der Waals surface area contributed by atoms with Gasteiger partial charge in [-0.15, -0.1) is 37.2 Å². The number of hydrogen-bond acceptors (Lipinski definition) is 1. The Morgan fingerprint density at radius 1 is 1.06 bits per heavy atom. The lowest BCUT2D eigenvalue weighted by atomic mass is 10.1. The van der Waals surface area contributed by atoms with Gasteiger partial charge in [-0.3, -0.25) is 4.79 Å². The SMILES string of the molecule is Cl.Cl.Cl.O=C(O)CCc1c(I)cc(I)cc1I. The predicted molar refractivity (Wildman–Crippen MR) is 102 cm³/mol. The molecule has 0 heterocycles. The van der Waals surface area contributed by atoms with Gasteiger partial charge >= 0.3 is 5.97 Å². The molecule has 0 unspecified atom stereocenters. The highest BCUT2D eigenvalue weighted by Gasteiger charge is 2.08. The van der Waals surface area contributed by atoms with E-state index in [-0.39, 0.29) is 43.6 Å². The molecule has 0 saturated carbocycles. The average Bonchev–Trinajstić information content (AvgIpc) is 2.01. The van der Waals surface area contributed by atoms with Crippen molar-refractivity contribution in [3.8, 4) is 0 Å². The Labute approximate surface area is 160 Å². The first kappa shape index (κ1) is 23.8. The largest absolute Gasteiger partial charge is 0.481 e. The quantitative estimate of drug-likeness (QED) is 0.485. The van der Waals surface area contributed by atoms with Crippen LogP contribution in [0.15, 0.2) is 12.1 Å². The molecule has 0 saturated heterocycles. The first-order valence-corrected chi connectivity index (χ1v) is 7.09.